The normalized spacial score (nSPS) is 14.3. The summed E-state index contributed by atoms with van der Waals surface area (Å²) in [5, 5.41) is 0. The zero-order chi connectivity index (χ0) is 35.0. The highest BCUT2D eigenvalue weighted by Crippen LogP contribution is 2.38. The van der Waals surface area contributed by atoms with Gasteiger partial charge in [-0.15, -0.1) is 0 Å². The number of hydrogen-bond donors (Lipinski definition) is 0. The number of aromatic nitrogens is 2. The van der Waals surface area contributed by atoms with Gasteiger partial charge in [-0.25, -0.2) is 4.98 Å². The van der Waals surface area contributed by atoms with E-state index in [-0.39, 0.29) is 11.8 Å². The number of para-hydroxylation sites is 2. The van der Waals surface area contributed by atoms with Crippen LogP contribution in [-0.4, -0.2) is 100 Å². The topological polar surface area (TPSA) is 94.7 Å². The Kier molecular flexibility index (Phi) is 11.1. The molecule has 1 unspecified atom stereocenters. The maximum absolute atomic E-state index is 13.8. The summed E-state index contributed by atoms with van der Waals surface area (Å²) >= 11 is 0. The lowest BCUT2D eigenvalue weighted by molar-refractivity contribution is 0.0782. The number of rotatable bonds is 14. The van der Waals surface area contributed by atoms with E-state index in [1.165, 1.54) is 0 Å². The van der Waals surface area contributed by atoms with E-state index >= 15 is 0 Å². The monoisotopic (exact) mass is 681 g/mol. The fraction of sp³-hybridized carbons (Fsp3) is 0.385. The van der Waals surface area contributed by atoms with Gasteiger partial charge in [0.15, 0.2) is 11.5 Å². The van der Waals surface area contributed by atoms with Crippen molar-refractivity contribution in [2.24, 2.45) is 0 Å². The zero-order valence-electron chi connectivity index (χ0n) is 29.6. The van der Waals surface area contributed by atoms with Gasteiger partial charge in [-0.3, -0.25) is 4.79 Å². The van der Waals surface area contributed by atoms with E-state index in [2.05, 4.69) is 44.7 Å². The van der Waals surface area contributed by atoms with Crippen LogP contribution >= 0.6 is 0 Å². The molecule has 50 heavy (non-hydrogen) atoms. The van der Waals surface area contributed by atoms with E-state index < -0.39 is 0 Å². The Morgan fingerprint density at radius 1 is 0.900 bits per heavy atom. The van der Waals surface area contributed by atoms with Crippen molar-refractivity contribution in [2.45, 2.75) is 25.3 Å². The third-order valence-electron chi connectivity index (χ3n) is 9.54. The van der Waals surface area contributed by atoms with Gasteiger partial charge in [0, 0.05) is 50.3 Å². The predicted octanol–water partition coefficient (Wildman–Crippen LogP) is 6.17. The Morgan fingerprint density at radius 2 is 1.70 bits per heavy atom. The van der Waals surface area contributed by atoms with E-state index in [4.69, 9.17) is 28.3 Å². The van der Waals surface area contributed by atoms with Gasteiger partial charge < -0.3 is 42.6 Å². The summed E-state index contributed by atoms with van der Waals surface area (Å²) in [4.78, 5) is 25.6. The van der Waals surface area contributed by atoms with Crippen LogP contribution in [0, 0.1) is 0 Å². The third kappa shape index (κ3) is 7.68. The van der Waals surface area contributed by atoms with E-state index in [1.807, 2.05) is 31.3 Å². The van der Waals surface area contributed by atoms with Crippen LogP contribution in [0.15, 0.2) is 83.7 Å². The second-order valence-corrected chi connectivity index (χ2v) is 12.7. The van der Waals surface area contributed by atoms with Crippen LogP contribution in [0.25, 0.3) is 11.0 Å². The number of benzene rings is 3. The number of furan rings is 1. The highest BCUT2D eigenvalue weighted by atomic mass is 16.5. The summed E-state index contributed by atoms with van der Waals surface area (Å²) in [7, 11) is 8.17. The van der Waals surface area contributed by atoms with Gasteiger partial charge in [-0.2, -0.15) is 0 Å². The molecule has 3 heterocycles. The second-order valence-electron chi connectivity index (χ2n) is 12.7. The van der Waals surface area contributed by atoms with Crippen LogP contribution in [0.4, 0.5) is 5.95 Å². The molecule has 0 aliphatic carbocycles. The van der Waals surface area contributed by atoms with Crippen molar-refractivity contribution in [1.29, 1.82) is 0 Å². The minimum Gasteiger partial charge on any atom is -0.497 e. The number of fused-ring (bicyclic) bond motifs is 1. The Labute approximate surface area is 293 Å². The van der Waals surface area contributed by atoms with Crippen molar-refractivity contribution in [3.05, 3.63) is 95.9 Å². The number of ether oxygens (including phenoxy) is 4. The average Bonchev–Trinajstić information content (AvgIpc) is 3.74. The molecule has 0 radical (unpaired) electrons. The standard InChI is InChI=1S/C39H47N5O6/c1-41(38(45)31-23-35(47-3)37(49-5)36(24-31)48-4)26-30(29-10-8-11-32(22-29)46-2)14-18-42-16-9-17-43(20-19-42)39-40-33-12-6-7-13-34(33)44(39)25-28-15-21-50-27-28/h6-8,10-13,15,21-24,27,30H,9,14,16-20,25-26H2,1-5H3. The molecule has 1 aliphatic rings. The average molecular weight is 682 g/mol. The first-order valence-electron chi connectivity index (χ1n) is 17.1. The number of anilines is 1. The van der Waals surface area contributed by atoms with Gasteiger partial charge in [0.2, 0.25) is 11.7 Å². The Balaban J connectivity index is 1.17. The molecule has 1 amide bonds. The number of hydrogen-bond acceptors (Lipinski definition) is 9. The summed E-state index contributed by atoms with van der Waals surface area (Å²) in [5.41, 5.74) is 4.84. The molecular formula is C39H47N5O6. The molecule has 0 spiro atoms. The van der Waals surface area contributed by atoms with E-state index in [9.17, 15) is 4.79 Å². The summed E-state index contributed by atoms with van der Waals surface area (Å²) in [5.74, 6) is 3.10. The summed E-state index contributed by atoms with van der Waals surface area (Å²) in [6.07, 6.45) is 5.42. The lowest BCUT2D eigenvalue weighted by Crippen LogP contribution is -2.35. The highest BCUT2D eigenvalue weighted by Gasteiger charge is 2.25. The first-order chi connectivity index (χ1) is 24.4. The Hall–Kier alpha value is -5.16. The number of amides is 1. The number of likely N-dealkylation sites (N-methyl/N-ethyl adjacent to an activating group) is 1. The van der Waals surface area contributed by atoms with Crippen molar-refractivity contribution < 1.29 is 28.2 Å². The molecule has 1 saturated heterocycles. The van der Waals surface area contributed by atoms with Crippen molar-refractivity contribution in [2.75, 3.05) is 79.7 Å². The van der Waals surface area contributed by atoms with Crippen LogP contribution in [-0.2, 0) is 6.54 Å². The van der Waals surface area contributed by atoms with Crippen LogP contribution in [0.3, 0.4) is 0 Å². The molecule has 5 aromatic rings. The van der Waals surface area contributed by atoms with Crippen LogP contribution in [0.5, 0.6) is 23.0 Å². The molecule has 1 fully saturated rings. The minimum absolute atomic E-state index is 0.0830. The van der Waals surface area contributed by atoms with E-state index in [0.29, 0.717) is 35.9 Å². The van der Waals surface area contributed by atoms with E-state index in [0.717, 1.165) is 79.4 Å². The lowest BCUT2D eigenvalue weighted by Gasteiger charge is -2.28. The molecule has 11 heteroatoms. The fourth-order valence-electron chi connectivity index (χ4n) is 6.86. The number of carbonyl (C=O) groups excluding carboxylic acids is 1. The number of carbonyl (C=O) groups is 1. The minimum atomic E-state index is -0.124. The molecular weight excluding hydrogens is 634 g/mol. The fourth-order valence-corrected chi connectivity index (χ4v) is 6.86. The van der Waals surface area contributed by atoms with Crippen molar-refractivity contribution in [1.82, 2.24) is 19.4 Å². The number of nitrogens with zero attached hydrogens (tertiary/aromatic N) is 5. The molecule has 11 nitrogen and oxygen atoms in total. The third-order valence-corrected chi connectivity index (χ3v) is 9.54. The SMILES string of the molecule is COc1cccc(C(CCN2CCCN(c3nc4ccccc4n3Cc3ccoc3)CC2)CN(C)C(=O)c2cc(OC)c(OC)c(OC)c2)c1. The predicted molar refractivity (Wildman–Crippen MR) is 194 cm³/mol. The summed E-state index contributed by atoms with van der Waals surface area (Å²) in [6.45, 7) is 5.84. The smallest absolute Gasteiger partial charge is 0.253 e. The van der Waals surface area contributed by atoms with E-state index in [1.54, 1.807) is 58.0 Å². The molecule has 264 valence electrons. The van der Waals surface area contributed by atoms with Crippen molar-refractivity contribution in [3.8, 4) is 23.0 Å². The Bertz CT molecular complexity index is 1850. The molecule has 1 atom stereocenters. The van der Waals surface area contributed by atoms with Gasteiger partial charge in [0.1, 0.15) is 5.75 Å². The quantitative estimate of drug-likeness (QED) is 0.136. The van der Waals surface area contributed by atoms with Gasteiger partial charge in [-0.1, -0.05) is 24.3 Å². The molecule has 0 saturated carbocycles. The van der Waals surface area contributed by atoms with Crippen molar-refractivity contribution in [3.63, 3.8) is 0 Å². The summed E-state index contributed by atoms with van der Waals surface area (Å²) < 4.78 is 29.8. The first-order valence-corrected chi connectivity index (χ1v) is 17.1. The van der Waals surface area contributed by atoms with Gasteiger partial charge in [0.05, 0.1) is 58.5 Å². The second kappa shape index (κ2) is 16.0. The van der Waals surface area contributed by atoms with Crippen molar-refractivity contribution >= 4 is 22.9 Å². The molecule has 2 aromatic heterocycles. The maximum atomic E-state index is 13.8. The molecule has 6 rings (SSSR count). The lowest BCUT2D eigenvalue weighted by atomic mass is 9.94. The molecule has 0 N–H and O–H groups in total. The summed E-state index contributed by atoms with van der Waals surface area (Å²) in [6, 6.07) is 21.9. The number of imidazole rings is 1. The largest absolute Gasteiger partial charge is 0.497 e. The van der Waals surface area contributed by atoms with Crippen LogP contribution in [0.2, 0.25) is 0 Å². The van der Waals surface area contributed by atoms with Gasteiger partial charge >= 0.3 is 0 Å². The van der Waals surface area contributed by atoms with Crippen LogP contribution < -0.4 is 23.8 Å². The Morgan fingerprint density at radius 3 is 2.42 bits per heavy atom. The molecule has 3 aromatic carbocycles. The van der Waals surface area contributed by atoms with Gasteiger partial charge in [-0.05, 0) is 74.0 Å². The molecule has 1 aliphatic heterocycles. The first kappa shape index (κ1) is 34.7. The van der Waals surface area contributed by atoms with Gasteiger partial charge in [0.25, 0.3) is 5.91 Å². The maximum Gasteiger partial charge on any atom is 0.253 e. The zero-order valence-corrected chi connectivity index (χ0v) is 29.6. The highest BCUT2D eigenvalue weighted by molar-refractivity contribution is 5.95. The molecule has 0 bridgehead atoms. The van der Waals surface area contributed by atoms with Crippen LogP contribution in [0.1, 0.15) is 40.2 Å². The number of methoxy groups -OCH3 is 4.